The van der Waals surface area contributed by atoms with Gasteiger partial charge in [0.2, 0.25) is 10.0 Å². The number of ether oxygens (including phenoxy) is 1. The Kier molecular flexibility index (Phi) is 6.19. The molecule has 0 radical (unpaired) electrons. The molecule has 0 fully saturated rings. The van der Waals surface area contributed by atoms with Gasteiger partial charge >= 0.3 is 5.97 Å². The second-order valence-corrected chi connectivity index (χ2v) is 9.87. The van der Waals surface area contributed by atoms with Crippen LogP contribution >= 0.6 is 0 Å². The van der Waals surface area contributed by atoms with Crippen LogP contribution in [0.15, 0.2) is 88.8 Å². The standard InChI is InChI=1S/C26H26N2O4S/c1-4-32-25(29)26(22-8-6-5-7-9-22)27-24(21-14-10-19(2)11-15-21)18-28(26)33(30,31)23-16-12-20(3)13-17-23/h5-17H,4,18H2,1-3H3. The number of rotatable bonds is 6. The van der Waals surface area contributed by atoms with Crippen molar-refractivity contribution < 1.29 is 17.9 Å². The third-order valence-electron chi connectivity index (χ3n) is 5.68. The van der Waals surface area contributed by atoms with Crippen molar-refractivity contribution in [2.45, 2.75) is 31.3 Å². The van der Waals surface area contributed by atoms with Gasteiger partial charge in [-0.1, -0.05) is 77.9 Å². The van der Waals surface area contributed by atoms with E-state index in [9.17, 15) is 13.2 Å². The minimum Gasteiger partial charge on any atom is -0.463 e. The summed E-state index contributed by atoms with van der Waals surface area (Å²) >= 11 is 0. The predicted molar refractivity (Wildman–Crippen MR) is 128 cm³/mol. The van der Waals surface area contributed by atoms with Gasteiger partial charge in [0, 0.05) is 5.56 Å². The molecule has 0 N–H and O–H groups in total. The maximum atomic E-state index is 13.9. The number of sulfonamides is 1. The van der Waals surface area contributed by atoms with Gasteiger partial charge in [0.15, 0.2) is 0 Å². The topological polar surface area (TPSA) is 76.0 Å². The SMILES string of the molecule is CCOC(=O)C1(c2ccccc2)N=C(c2ccc(C)cc2)CN1S(=O)(=O)c1ccc(C)cc1. The Morgan fingerprint density at radius 2 is 1.52 bits per heavy atom. The van der Waals surface area contributed by atoms with E-state index in [0.717, 1.165) is 21.0 Å². The summed E-state index contributed by atoms with van der Waals surface area (Å²) in [5.74, 6) is -0.728. The first-order valence-electron chi connectivity index (χ1n) is 10.8. The molecule has 0 aromatic heterocycles. The molecule has 0 aliphatic carbocycles. The van der Waals surface area contributed by atoms with Gasteiger partial charge in [-0.25, -0.2) is 18.2 Å². The minimum atomic E-state index is -4.11. The van der Waals surface area contributed by atoms with Gasteiger partial charge in [0.1, 0.15) is 0 Å². The van der Waals surface area contributed by atoms with E-state index in [4.69, 9.17) is 9.73 Å². The molecule has 0 amide bonds. The molecule has 0 spiro atoms. The van der Waals surface area contributed by atoms with E-state index in [0.29, 0.717) is 11.3 Å². The second kappa shape index (κ2) is 8.92. The zero-order chi connectivity index (χ0) is 23.6. The molecule has 33 heavy (non-hydrogen) atoms. The molecular weight excluding hydrogens is 436 g/mol. The zero-order valence-electron chi connectivity index (χ0n) is 18.9. The first kappa shape index (κ1) is 22.9. The molecule has 1 aliphatic rings. The van der Waals surface area contributed by atoms with Gasteiger partial charge < -0.3 is 4.74 Å². The van der Waals surface area contributed by atoms with Crippen molar-refractivity contribution in [2.75, 3.05) is 13.2 Å². The van der Waals surface area contributed by atoms with Crippen LogP contribution < -0.4 is 0 Å². The molecule has 6 nitrogen and oxygen atoms in total. The second-order valence-electron chi connectivity index (χ2n) is 8.01. The van der Waals surface area contributed by atoms with Gasteiger partial charge in [0.05, 0.1) is 23.8 Å². The maximum absolute atomic E-state index is 13.9. The Morgan fingerprint density at radius 1 is 0.939 bits per heavy atom. The molecule has 170 valence electrons. The summed E-state index contributed by atoms with van der Waals surface area (Å²) in [6.07, 6.45) is 0. The van der Waals surface area contributed by atoms with Crippen molar-refractivity contribution in [1.29, 1.82) is 0 Å². The smallest absolute Gasteiger partial charge is 0.355 e. The third-order valence-corrected chi connectivity index (χ3v) is 7.52. The predicted octanol–water partition coefficient (Wildman–Crippen LogP) is 4.21. The quantitative estimate of drug-likeness (QED) is 0.514. The fourth-order valence-corrected chi connectivity index (χ4v) is 5.51. The molecule has 1 atom stereocenters. The van der Waals surface area contributed by atoms with E-state index >= 15 is 0 Å². The number of hydrogen-bond donors (Lipinski definition) is 0. The number of aryl methyl sites for hydroxylation is 2. The summed E-state index contributed by atoms with van der Waals surface area (Å²) in [6, 6.07) is 22.9. The van der Waals surface area contributed by atoms with Gasteiger partial charge in [-0.05, 0) is 38.5 Å². The number of carbonyl (C=O) groups excluding carboxylic acids is 1. The summed E-state index contributed by atoms with van der Waals surface area (Å²) < 4.78 is 34.4. The number of hydrogen-bond acceptors (Lipinski definition) is 5. The van der Waals surface area contributed by atoms with E-state index in [-0.39, 0.29) is 18.0 Å². The molecule has 3 aromatic carbocycles. The normalized spacial score (nSPS) is 18.7. The third kappa shape index (κ3) is 4.10. The molecule has 7 heteroatoms. The van der Waals surface area contributed by atoms with Crippen molar-refractivity contribution in [3.05, 3.63) is 101 Å². The highest BCUT2D eigenvalue weighted by Crippen LogP contribution is 2.41. The van der Waals surface area contributed by atoms with Gasteiger partial charge in [-0.15, -0.1) is 0 Å². The van der Waals surface area contributed by atoms with Gasteiger partial charge in [-0.3, -0.25) is 0 Å². The van der Waals surface area contributed by atoms with Crippen LogP contribution in [-0.2, 0) is 25.2 Å². The molecule has 1 unspecified atom stereocenters. The summed E-state index contributed by atoms with van der Waals surface area (Å²) in [5, 5.41) is 0. The molecule has 0 saturated heterocycles. The van der Waals surface area contributed by atoms with Gasteiger partial charge in [0.25, 0.3) is 5.66 Å². The average Bonchev–Trinajstić information content (AvgIpc) is 3.23. The lowest BCUT2D eigenvalue weighted by Crippen LogP contribution is -2.51. The minimum absolute atomic E-state index is 0.0625. The van der Waals surface area contributed by atoms with Crippen LogP contribution in [0.25, 0.3) is 0 Å². The first-order valence-corrected chi connectivity index (χ1v) is 12.2. The van der Waals surface area contributed by atoms with Crippen molar-refractivity contribution in [2.24, 2.45) is 4.99 Å². The van der Waals surface area contributed by atoms with E-state index in [1.54, 1.807) is 61.5 Å². The average molecular weight is 463 g/mol. The van der Waals surface area contributed by atoms with Crippen LogP contribution in [0.2, 0.25) is 0 Å². The number of esters is 1. The van der Waals surface area contributed by atoms with Crippen LogP contribution in [-0.4, -0.2) is 37.6 Å². The highest BCUT2D eigenvalue weighted by atomic mass is 32.2. The van der Waals surface area contributed by atoms with Gasteiger partial charge in [-0.2, -0.15) is 4.31 Å². The maximum Gasteiger partial charge on any atom is 0.355 e. The zero-order valence-corrected chi connectivity index (χ0v) is 19.7. The van der Waals surface area contributed by atoms with Crippen molar-refractivity contribution in [3.63, 3.8) is 0 Å². The molecule has 3 aromatic rings. The fraction of sp³-hybridized carbons (Fsp3) is 0.231. The number of benzene rings is 3. The largest absolute Gasteiger partial charge is 0.463 e. The van der Waals surface area contributed by atoms with E-state index < -0.39 is 21.7 Å². The Hall–Kier alpha value is -3.29. The fourth-order valence-electron chi connectivity index (χ4n) is 3.91. The Labute approximate surface area is 194 Å². The van der Waals surface area contributed by atoms with Crippen molar-refractivity contribution in [3.8, 4) is 0 Å². The van der Waals surface area contributed by atoms with E-state index in [2.05, 4.69) is 0 Å². The molecular formula is C26H26N2O4S. The van der Waals surface area contributed by atoms with Crippen LogP contribution in [0.5, 0.6) is 0 Å². The van der Waals surface area contributed by atoms with Crippen LogP contribution in [0, 0.1) is 13.8 Å². The van der Waals surface area contributed by atoms with Crippen molar-refractivity contribution in [1.82, 2.24) is 4.31 Å². The molecule has 1 aliphatic heterocycles. The Bertz CT molecular complexity index is 1280. The summed E-state index contributed by atoms with van der Waals surface area (Å²) in [4.78, 5) is 18.4. The Balaban J connectivity index is 1.96. The Morgan fingerprint density at radius 3 is 2.09 bits per heavy atom. The summed E-state index contributed by atoms with van der Waals surface area (Å²) in [6.45, 7) is 5.59. The lowest BCUT2D eigenvalue weighted by atomic mass is 10.0. The monoisotopic (exact) mass is 462 g/mol. The van der Waals surface area contributed by atoms with Crippen LogP contribution in [0.4, 0.5) is 0 Å². The summed E-state index contributed by atoms with van der Waals surface area (Å²) in [5.41, 5.74) is 1.84. The van der Waals surface area contributed by atoms with Crippen LogP contribution in [0.1, 0.15) is 29.2 Å². The number of aliphatic imine (C=N–C) groups is 1. The number of carbonyl (C=O) groups is 1. The lowest BCUT2D eigenvalue weighted by Gasteiger charge is -2.33. The molecule has 1 heterocycles. The lowest BCUT2D eigenvalue weighted by molar-refractivity contribution is -0.154. The van der Waals surface area contributed by atoms with E-state index in [1.165, 1.54) is 0 Å². The first-order chi connectivity index (χ1) is 15.8. The molecule has 0 saturated carbocycles. The highest BCUT2D eigenvalue weighted by Gasteiger charge is 2.56. The van der Waals surface area contributed by atoms with E-state index in [1.807, 2.05) is 38.1 Å². The molecule has 0 bridgehead atoms. The van der Waals surface area contributed by atoms with Crippen molar-refractivity contribution >= 4 is 21.7 Å². The highest BCUT2D eigenvalue weighted by molar-refractivity contribution is 7.89. The number of nitrogens with zero attached hydrogens (tertiary/aromatic N) is 2. The molecule has 4 rings (SSSR count). The summed E-state index contributed by atoms with van der Waals surface area (Å²) in [7, 11) is -4.11. The van der Waals surface area contributed by atoms with Crippen LogP contribution in [0.3, 0.4) is 0 Å².